The molecular weight excluding hydrogens is 264 g/mol. The highest BCUT2D eigenvalue weighted by Crippen LogP contribution is 2.23. The lowest BCUT2D eigenvalue weighted by molar-refractivity contribution is 0.0992. The van der Waals surface area contributed by atoms with Crippen LogP contribution < -0.4 is 15.4 Å². The van der Waals surface area contributed by atoms with Gasteiger partial charge in [0.2, 0.25) is 0 Å². The molecule has 110 valence electrons. The van der Waals surface area contributed by atoms with Crippen LogP contribution in [-0.4, -0.2) is 20.1 Å². The highest BCUT2D eigenvalue weighted by atomic mass is 16.5. The lowest BCUT2D eigenvalue weighted by Gasteiger charge is -2.19. The number of hydrogen-bond acceptors (Lipinski definition) is 3. The average Bonchev–Trinajstić information content (AvgIpc) is 2.43. The summed E-state index contributed by atoms with van der Waals surface area (Å²) >= 11 is 0. The summed E-state index contributed by atoms with van der Waals surface area (Å²) in [4.78, 5) is 14.2. The minimum atomic E-state index is -0.120. The van der Waals surface area contributed by atoms with Gasteiger partial charge in [0.25, 0.3) is 5.91 Å². The second-order valence-corrected chi connectivity index (χ2v) is 5.20. The molecule has 0 aliphatic heterocycles. The number of rotatable bonds is 3. The van der Waals surface area contributed by atoms with Gasteiger partial charge in [0.15, 0.2) is 0 Å². The Hall–Kier alpha value is -2.49. The molecule has 4 nitrogen and oxygen atoms in total. The molecule has 0 bridgehead atoms. The lowest BCUT2D eigenvalue weighted by atomic mass is 10.1. The second kappa shape index (κ2) is 5.87. The van der Waals surface area contributed by atoms with Crippen LogP contribution in [0, 0.1) is 13.8 Å². The van der Waals surface area contributed by atoms with E-state index in [1.807, 2.05) is 26.0 Å². The molecule has 0 spiro atoms. The van der Waals surface area contributed by atoms with Crippen molar-refractivity contribution in [2.75, 3.05) is 24.8 Å². The van der Waals surface area contributed by atoms with Gasteiger partial charge in [-0.15, -0.1) is 0 Å². The van der Waals surface area contributed by atoms with Crippen molar-refractivity contribution in [2.45, 2.75) is 13.8 Å². The molecule has 0 saturated carbocycles. The first-order valence-corrected chi connectivity index (χ1v) is 6.71. The minimum absolute atomic E-state index is 0.120. The van der Waals surface area contributed by atoms with E-state index in [1.165, 1.54) is 0 Å². The number of amides is 1. The van der Waals surface area contributed by atoms with E-state index in [9.17, 15) is 4.79 Å². The third-order valence-electron chi connectivity index (χ3n) is 3.31. The van der Waals surface area contributed by atoms with Crippen LogP contribution in [0.15, 0.2) is 36.4 Å². The fourth-order valence-electron chi connectivity index (χ4n) is 2.32. The van der Waals surface area contributed by atoms with Crippen molar-refractivity contribution in [3.05, 3.63) is 53.1 Å². The molecule has 0 unspecified atom stereocenters. The zero-order valence-electron chi connectivity index (χ0n) is 12.8. The average molecular weight is 284 g/mol. The molecule has 4 heteroatoms. The summed E-state index contributed by atoms with van der Waals surface area (Å²) in [6.45, 7) is 4.02. The number of hydrogen-bond donors (Lipinski definition) is 1. The molecule has 0 atom stereocenters. The number of nitrogens with zero attached hydrogens (tertiary/aromatic N) is 1. The molecule has 0 heterocycles. The van der Waals surface area contributed by atoms with Crippen molar-refractivity contribution in [1.29, 1.82) is 0 Å². The molecule has 2 rings (SSSR count). The number of carbonyl (C=O) groups is 1. The van der Waals surface area contributed by atoms with Crippen molar-refractivity contribution in [3.63, 3.8) is 0 Å². The Balaban J connectivity index is 2.36. The van der Waals surface area contributed by atoms with E-state index in [1.54, 1.807) is 37.3 Å². The second-order valence-electron chi connectivity index (χ2n) is 5.20. The van der Waals surface area contributed by atoms with Crippen LogP contribution in [0.5, 0.6) is 5.75 Å². The number of nitrogens with two attached hydrogens (primary N) is 1. The molecule has 0 radical (unpaired) electrons. The van der Waals surface area contributed by atoms with Gasteiger partial charge in [0, 0.05) is 30.1 Å². The number of ether oxygens (including phenoxy) is 1. The van der Waals surface area contributed by atoms with Gasteiger partial charge in [-0.25, -0.2) is 0 Å². The molecule has 2 aromatic rings. The fraction of sp³-hybridized carbons (Fsp3) is 0.235. The largest absolute Gasteiger partial charge is 0.497 e. The molecule has 0 aromatic heterocycles. The smallest absolute Gasteiger partial charge is 0.258 e. The van der Waals surface area contributed by atoms with Crippen molar-refractivity contribution in [2.24, 2.45) is 0 Å². The zero-order chi connectivity index (χ0) is 15.6. The van der Waals surface area contributed by atoms with Crippen molar-refractivity contribution >= 4 is 17.3 Å². The van der Waals surface area contributed by atoms with Crippen molar-refractivity contribution < 1.29 is 9.53 Å². The highest BCUT2D eigenvalue weighted by molar-refractivity contribution is 6.06. The Bertz CT molecular complexity index is 660. The summed E-state index contributed by atoms with van der Waals surface area (Å²) in [5.74, 6) is 0.456. The van der Waals surface area contributed by atoms with Crippen LogP contribution in [0.4, 0.5) is 11.4 Å². The van der Waals surface area contributed by atoms with E-state index >= 15 is 0 Å². The standard InChI is InChI=1S/C17H20N2O2/c1-11-5-12(2)7-15(6-11)19(3)17(20)13-8-14(18)10-16(9-13)21-4/h5-10H,18H2,1-4H3. The summed E-state index contributed by atoms with van der Waals surface area (Å²) in [5, 5.41) is 0. The topological polar surface area (TPSA) is 55.6 Å². The third-order valence-corrected chi connectivity index (χ3v) is 3.31. The quantitative estimate of drug-likeness (QED) is 0.881. The van der Waals surface area contributed by atoms with Crippen LogP contribution in [-0.2, 0) is 0 Å². The number of aryl methyl sites for hydroxylation is 2. The Morgan fingerprint density at radius 3 is 2.24 bits per heavy atom. The number of methoxy groups -OCH3 is 1. The van der Waals surface area contributed by atoms with Gasteiger partial charge >= 0.3 is 0 Å². The molecule has 0 fully saturated rings. The van der Waals surface area contributed by atoms with Gasteiger partial charge in [-0.2, -0.15) is 0 Å². The van der Waals surface area contributed by atoms with Gasteiger partial charge in [0.1, 0.15) is 5.75 Å². The SMILES string of the molecule is COc1cc(N)cc(C(=O)N(C)c2cc(C)cc(C)c2)c1. The number of benzene rings is 2. The predicted octanol–water partition coefficient (Wildman–Crippen LogP) is 3.17. The maximum absolute atomic E-state index is 12.6. The summed E-state index contributed by atoms with van der Waals surface area (Å²) in [5.41, 5.74) is 9.92. The maximum atomic E-state index is 12.6. The first-order chi connectivity index (χ1) is 9.90. The molecule has 0 aliphatic carbocycles. The summed E-state index contributed by atoms with van der Waals surface area (Å²) in [6, 6.07) is 11.1. The van der Waals surface area contributed by atoms with Crippen LogP contribution in [0.25, 0.3) is 0 Å². The molecule has 2 aromatic carbocycles. The van der Waals surface area contributed by atoms with E-state index in [2.05, 4.69) is 6.07 Å². The van der Waals surface area contributed by atoms with E-state index in [-0.39, 0.29) is 5.91 Å². The molecule has 1 amide bonds. The molecule has 0 aliphatic rings. The van der Waals surface area contributed by atoms with Crippen LogP contribution >= 0.6 is 0 Å². The van der Waals surface area contributed by atoms with Crippen molar-refractivity contribution in [3.8, 4) is 5.75 Å². The summed E-state index contributed by atoms with van der Waals surface area (Å²) in [6.07, 6.45) is 0. The molecular formula is C17H20N2O2. The fourth-order valence-corrected chi connectivity index (χ4v) is 2.32. The number of carbonyl (C=O) groups excluding carboxylic acids is 1. The number of anilines is 2. The van der Waals surface area contributed by atoms with Crippen LogP contribution in [0.1, 0.15) is 21.5 Å². The molecule has 2 N–H and O–H groups in total. The zero-order valence-corrected chi connectivity index (χ0v) is 12.8. The van der Waals surface area contributed by atoms with Crippen molar-refractivity contribution in [1.82, 2.24) is 0 Å². The normalized spacial score (nSPS) is 10.3. The van der Waals surface area contributed by atoms with E-state index < -0.39 is 0 Å². The Morgan fingerprint density at radius 1 is 1.05 bits per heavy atom. The lowest BCUT2D eigenvalue weighted by Crippen LogP contribution is -2.26. The predicted molar refractivity (Wildman–Crippen MR) is 86.1 cm³/mol. The summed E-state index contributed by atoms with van der Waals surface area (Å²) < 4.78 is 5.16. The van der Waals surface area contributed by atoms with Crippen LogP contribution in [0.2, 0.25) is 0 Å². The van der Waals surface area contributed by atoms with Gasteiger partial charge in [0.05, 0.1) is 7.11 Å². The maximum Gasteiger partial charge on any atom is 0.258 e. The molecule has 21 heavy (non-hydrogen) atoms. The minimum Gasteiger partial charge on any atom is -0.497 e. The number of nitrogen functional groups attached to an aromatic ring is 1. The Kier molecular flexibility index (Phi) is 4.17. The van der Waals surface area contributed by atoms with E-state index in [4.69, 9.17) is 10.5 Å². The van der Waals surface area contributed by atoms with Gasteiger partial charge in [-0.1, -0.05) is 6.07 Å². The Morgan fingerprint density at radius 2 is 1.67 bits per heavy atom. The highest BCUT2D eigenvalue weighted by Gasteiger charge is 2.15. The summed E-state index contributed by atoms with van der Waals surface area (Å²) in [7, 11) is 3.31. The third kappa shape index (κ3) is 3.34. The Labute approximate surface area is 125 Å². The van der Waals surface area contributed by atoms with Gasteiger partial charge in [-0.3, -0.25) is 4.79 Å². The van der Waals surface area contributed by atoms with Crippen LogP contribution in [0.3, 0.4) is 0 Å². The molecule has 0 saturated heterocycles. The van der Waals surface area contributed by atoms with E-state index in [0.29, 0.717) is 17.0 Å². The van der Waals surface area contributed by atoms with E-state index in [0.717, 1.165) is 16.8 Å². The first kappa shape index (κ1) is 14.9. The van der Waals surface area contributed by atoms with Gasteiger partial charge < -0.3 is 15.4 Å². The van der Waals surface area contributed by atoms with Gasteiger partial charge in [-0.05, 0) is 49.2 Å². The first-order valence-electron chi connectivity index (χ1n) is 6.71. The monoisotopic (exact) mass is 284 g/mol.